The molecule has 1 aromatic heterocycles. The smallest absolute Gasteiger partial charge is 0.234 e. The van der Waals surface area contributed by atoms with Crippen LogP contribution in [0.4, 0.5) is 11.4 Å². The summed E-state index contributed by atoms with van der Waals surface area (Å²) in [5.74, 6) is 0.178. The lowest BCUT2D eigenvalue weighted by molar-refractivity contribution is -0.113. The van der Waals surface area contributed by atoms with Gasteiger partial charge in [-0.3, -0.25) is 4.79 Å². The van der Waals surface area contributed by atoms with Crippen LogP contribution in [0.5, 0.6) is 0 Å². The van der Waals surface area contributed by atoms with Crippen molar-refractivity contribution in [3.05, 3.63) is 47.1 Å². The summed E-state index contributed by atoms with van der Waals surface area (Å²) in [4.78, 5) is 15.9. The van der Waals surface area contributed by atoms with Gasteiger partial charge >= 0.3 is 0 Å². The van der Waals surface area contributed by atoms with E-state index in [9.17, 15) is 4.79 Å². The highest BCUT2D eigenvalue weighted by molar-refractivity contribution is 7.99. The van der Waals surface area contributed by atoms with Crippen LogP contribution < -0.4 is 11.1 Å². The molecule has 0 aliphatic carbocycles. The molecule has 1 heterocycles. The molecule has 0 saturated carbocycles. The number of nitrogen functional groups attached to an aromatic ring is 1. The van der Waals surface area contributed by atoms with Crippen molar-refractivity contribution >= 4 is 40.6 Å². The fraction of sp³-hybridized carbons (Fsp3) is 0.143. The van der Waals surface area contributed by atoms with Crippen LogP contribution >= 0.6 is 23.4 Å². The van der Waals surface area contributed by atoms with Crippen LogP contribution in [0, 0.1) is 6.92 Å². The van der Waals surface area contributed by atoms with Crippen molar-refractivity contribution < 1.29 is 4.79 Å². The van der Waals surface area contributed by atoms with Crippen LogP contribution in [0.1, 0.15) is 5.56 Å². The minimum atomic E-state index is -0.102. The Bertz CT molecular complexity index is 616. The number of hydrogen-bond donors (Lipinski definition) is 2. The Balaban J connectivity index is 1.89. The van der Waals surface area contributed by atoms with Gasteiger partial charge in [0.2, 0.25) is 5.91 Å². The summed E-state index contributed by atoms with van der Waals surface area (Å²) in [6, 6.07) is 8.98. The maximum absolute atomic E-state index is 11.8. The Hall–Kier alpha value is -1.72. The highest BCUT2D eigenvalue weighted by Gasteiger charge is 2.05. The van der Waals surface area contributed by atoms with E-state index < -0.39 is 0 Å². The number of nitrogens with zero attached hydrogens (tertiary/aromatic N) is 1. The van der Waals surface area contributed by atoms with E-state index in [1.807, 2.05) is 19.1 Å². The molecular formula is C14H14ClN3OS. The molecule has 1 amide bonds. The normalized spacial score (nSPS) is 10.3. The second kappa shape index (κ2) is 6.63. The first-order valence-corrected chi connectivity index (χ1v) is 7.31. The summed E-state index contributed by atoms with van der Waals surface area (Å²) in [5.41, 5.74) is 8.14. The van der Waals surface area contributed by atoms with Crippen LogP contribution in [0.2, 0.25) is 5.02 Å². The van der Waals surface area contributed by atoms with Crippen LogP contribution in [-0.2, 0) is 4.79 Å². The monoisotopic (exact) mass is 307 g/mol. The first-order chi connectivity index (χ1) is 9.54. The minimum absolute atomic E-state index is 0.102. The van der Waals surface area contributed by atoms with Crippen LogP contribution in [0.15, 0.2) is 41.6 Å². The molecular weight excluding hydrogens is 294 g/mol. The van der Waals surface area contributed by atoms with Gasteiger partial charge in [0, 0.05) is 17.6 Å². The molecule has 0 aliphatic heterocycles. The summed E-state index contributed by atoms with van der Waals surface area (Å²) in [6.45, 7) is 1.92. The highest BCUT2D eigenvalue weighted by Crippen LogP contribution is 2.19. The van der Waals surface area contributed by atoms with E-state index in [0.29, 0.717) is 16.4 Å². The third-order valence-corrected chi connectivity index (χ3v) is 3.78. The molecule has 2 aromatic rings. The number of nitrogens with one attached hydrogen (secondary N) is 1. The lowest BCUT2D eigenvalue weighted by Crippen LogP contribution is -2.14. The van der Waals surface area contributed by atoms with Crippen LogP contribution in [-0.4, -0.2) is 16.6 Å². The maximum Gasteiger partial charge on any atom is 0.234 e. The number of amides is 1. The van der Waals surface area contributed by atoms with Crippen LogP contribution in [0.3, 0.4) is 0 Å². The molecule has 0 bridgehead atoms. The predicted molar refractivity (Wildman–Crippen MR) is 84.2 cm³/mol. The number of rotatable bonds is 4. The van der Waals surface area contributed by atoms with Gasteiger partial charge in [-0.15, -0.1) is 0 Å². The zero-order chi connectivity index (χ0) is 14.5. The van der Waals surface area contributed by atoms with Gasteiger partial charge in [0.25, 0.3) is 0 Å². The van der Waals surface area contributed by atoms with Crippen molar-refractivity contribution in [2.24, 2.45) is 0 Å². The summed E-state index contributed by atoms with van der Waals surface area (Å²) < 4.78 is 0. The summed E-state index contributed by atoms with van der Waals surface area (Å²) in [5, 5.41) is 4.13. The molecule has 2 rings (SSSR count). The molecule has 0 aliphatic rings. The fourth-order valence-electron chi connectivity index (χ4n) is 1.50. The van der Waals surface area contributed by atoms with Gasteiger partial charge in [-0.25, -0.2) is 4.98 Å². The minimum Gasteiger partial charge on any atom is -0.398 e. The summed E-state index contributed by atoms with van der Waals surface area (Å²) in [6.07, 6.45) is 1.56. The number of anilines is 2. The van der Waals surface area contributed by atoms with Crippen molar-refractivity contribution in [1.29, 1.82) is 0 Å². The first-order valence-electron chi connectivity index (χ1n) is 5.95. The quantitative estimate of drug-likeness (QED) is 0.671. The molecule has 104 valence electrons. The van der Waals surface area contributed by atoms with Crippen LogP contribution in [0.25, 0.3) is 0 Å². The second-order valence-corrected chi connectivity index (χ2v) is 5.65. The second-order valence-electron chi connectivity index (χ2n) is 4.22. The van der Waals surface area contributed by atoms with Gasteiger partial charge in [-0.05, 0) is 36.8 Å². The number of aromatic nitrogens is 1. The Morgan fingerprint density at radius 2 is 2.20 bits per heavy atom. The molecule has 0 saturated heterocycles. The van der Waals surface area contributed by atoms with Gasteiger partial charge in [-0.1, -0.05) is 29.4 Å². The predicted octanol–water partition coefficient (Wildman–Crippen LogP) is 3.36. The average Bonchev–Trinajstić information content (AvgIpc) is 2.42. The lowest BCUT2D eigenvalue weighted by atomic mass is 10.2. The van der Waals surface area contributed by atoms with Gasteiger partial charge in [0.1, 0.15) is 0 Å². The number of benzene rings is 1. The number of carbonyl (C=O) groups excluding carboxylic acids is 1. The summed E-state index contributed by atoms with van der Waals surface area (Å²) in [7, 11) is 0. The number of nitrogens with two attached hydrogens (primary N) is 1. The fourth-order valence-corrected chi connectivity index (χ4v) is 2.26. The molecule has 0 unspecified atom stereocenters. The average molecular weight is 308 g/mol. The maximum atomic E-state index is 11.8. The number of aryl methyl sites for hydroxylation is 1. The standard InChI is InChI=1S/C14H14ClN3OS/c1-9-2-4-11(6-12(9)16)18-13(19)8-20-14-5-3-10(15)7-17-14/h2-7H,8,16H2,1H3,(H,18,19). The van der Waals surface area contributed by atoms with Crippen molar-refractivity contribution in [3.63, 3.8) is 0 Å². The molecule has 6 heteroatoms. The zero-order valence-electron chi connectivity index (χ0n) is 10.9. The zero-order valence-corrected chi connectivity index (χ0v) is 12.5. The Morgan fingerprint density at radius 3 is 2.85 bits per heavy atom. The van der Waals surface area contributed by atoms with Gasteiger partial charge in [0.15, 0.2) is 0 Å². The van der Waals surface area contributed by atoms with Crippen molar-refractivity contribution in [2.45, 2.75) is 11.9 Å². The number of halogens is 1. The van der Waals surface area contributed by atoms with Gasteiger partial charge < -0.3 is 11.1 Å². The highest BCUT2D eigenvalue weighted by atomic mass is 35.5. The van der Waals surface area contributed by atoms with E-state index >= 15 is 0 Å². The van der Waals surface area contributed by atoms with E-state index in [0.717, 1.165) is 10.6 Å². The van der Waals surface area contributed by atoms with Crippen molar-refractivity contribution in [2.75, 3.05) is 16.8 Å². The Labute approximate surface area is 126 Å². The van der Waals surface area contributed by atoms with E-state index in [2.05, 4.69) is 10.3 Å². The summed E-state index contributed by atoms with van der Waals surface area (Å²) >= 11 is 7.10. The van der Waals surface area contributed by atoms with E-state index in [1.54, 1.807) is 24.4 Å². The third kappa shape index (κ3) is 4.15. The lowest BCUT2D eigenvalue weighted by Gasteiger charge is -2.07. The van der Waals surface area contributed by atoms with E-state index in [1.165, 1.54) is 11.8 Å². The Kier molecular flexibility index (Phi) is 4.87. The largest absolute Gasteiger partial charge is 0.398 e. The molecule has 20 heavy (non-hydrogen) atoms. The molecule has 0 atom stereocenters. The Morgan fingerprint density at radius 1 is 1.40 bits per heavy atom. The number of pyridine rings is 1. The van der Waals surface area contributed by atoms with Gasteiger partial charge in [-0.2, -0.15) is 0 Å². The molecule has 0 fully saturated rings. The molecule has 3 N–H and O–H groups in total. The SMILES string of the molecule is Cc1ccc(NC(=O)CSc2ccc(Cl)cn2)cc1N. The topological polar surface area (TPSA) is 68.0 Å². The first kappa shape index (κ1) is 14.7. The molecule has 4 nitrogen and oxygen atoms in total. The molecule has 0 radical (unpaired) electrons. The molecule has 1 aromatic carbocycles. The van der Waals surface area contributed by atoms with Crippen molar-refractivity contribution in [1.82, 2.24) is 4.98 Å². The van der Waals surface area contributed by atoms with E-state index in [-0.39, 0.29) is 11.7 Å². The van der Waals surface area contributed by atoms with Crippen molar-refractivity contribution in [3.8, 4) is 0 Å². The van der Waals surface area contributed by atoms with E-state index in [4.69, 9.17) is 17.3 Å². The van der Waals surface area contributed by atoms with Gasteiger partial charge in [0.05, 0.1) is 15.8 Å². The number of hydrogen-bond acceptors (Lipinski definition) is 4. The number of thioether (sulfide) groups is 1. The third-order valence-electron chi connectivity index (χ3n) is 2.61. The number of carbonyl (C=O) groups is 1. The molecule has 0 spiro atoms.